The number of aromatic nitrogens is 1. The predicted octanol–water partition coefficient (Wildman–Crippen LogP) is 6.62. The average molecular weight is 652 g/mol. The molecular formula is C32H33F4NO5S2. The van der Waals surface area contributed by atoms with Gasteiger partial charge >= 0.3 is 6.18 Å². The zero-order valence-corrected chi connectivity index (χ0v) is 25.8. The van der Waals surface area contributed by atoms with Gasteiger partial charge in [-0.25, -0.2) is 9.37 Å². The van der Waals surface area contributed by atoms with Crippen molar-refractivity contribution in [2.45, 2.75) is 86.7 Å². The molecule has 1 aromatic carbocycles. The molecule has 6 nitrogen and oxygen atoms in total. The molecule has 0 spiro atoms. The summed E-state index contributed by atoms with van der Waals surface area (Å²) in [5.41, 5.74) is -2.34. The number of halogens is 4. The first kappa shape index (κ1) is 30.5. The van der Waals surface area contributed by atoms with Gasteiger partial charge in [0, 0.05) is 29.6 Å². The smallest absolute Gasteiger partial charge is 0.389 e. The van der Waals surface area contributed by atoms with E-state index in [1.54, 1.807) is 6.08 Å². The highest BCUT2D eigenvalue weighted by Crippen LogP contribution is 2.70. The second-order valence-electron chi connectivity index (χ2n) is 13.3. The molecule has 0 bridgehead atoms. The summed E-state index contributed by atoms with van der Waals surface area (Å²) in [7, 11) is 0. The third-order valence-electron chi connectivity index (χ3n) is 10.9. The van der Waals surface area contributed by atoms with Crippen LogP contribution >= 0.6 is 23.1 Å². The Labute approximate surface area is 260 Å². The number of rotatable bonds is 6. The van der Waals surface area contributed by atoms with Crippen LogP contribution in [0.4, 0.5) is 17.6 Å². The van der Waals surface area contributed by atoms with Crippen molar-refractivity contribution in [3.8, 4) is 0 Å². The first-order valence-corrected chi connectivity index (χ1v) is 16.7. The number of thiazole rings is 1. The van der Waals surface area contributed by atoms with E-state index in [0.29, 0.717) is 16.3 Å². The SMILES string of the molecule is CC12C=CC(=O)C=C1[C@@H](F)CC1C2[C@@H](O)CC2(C)C1C[C@H]1OC(CCC(F)(F)F)O[C@]12C(=O)CSc1nc2ccccc2s1. The van der Waals surface area contributed by atoms with Gasteiger partial charge < -0.3 is 14.6 Å². The quantitative estimate of drug-likeness (QED) is 0.278. The molecule has 44 heavy (non-hydrogen) atoms. The minimum absolute atomic E-state index is 0.0423. The summed E-state index contributed by atoms with van der Waals surface area (Å²) in [5, 5.41) is 11.8. The van der Waals surface area contributed by atoms with Crippen LogP contribution in [-0.4, -0.2) is 63.9 Å². The van der Waals surface area contributed by atoms with Gasteiger partial charge in [-0.15, -0.1) is 11.3 Å². The van der Waals surface area contributed by atoms with E-state index >= 15 is 4.39 Å². The maximum absolute atomic E-state index is 15.9. The van der Waals surface area contributed by atoms with Crippen molar-refractivity contribution in [2.24, 2.45) is 28.6 Å². The Kier molecular flexibility index (Phi) is 7.25. The normalized spacial score (nSPS) is 41.2. The number of benzene rings is 1. The highest BCUT2D eigenvalue weighted by molar-refractivity contribution is 8.01. The number of allylic oxidation sites excluding steroid dienone is 4. The van der Waals surface area contributed by atoms with Crippen molar-refractivity contribution < 1.29 is 41.7 Å². The van der Waals surface area contributed by atoms with Gasteiger partial charge in [0.05, 0.1) is 28.2 Å². The average Bonchev–Trinajstić information content (AvgIpc) is 3.61. The molecule has 0 amide bonds. The second-order valence-corrected chi connectivity index (χ2v) is 15.5. The van der Waals surface area contributed by atoms with E-state index in [1.807, 2.05) is 38.1 Å². The summed E-state index contributed by atoms with van der Waals surface area (Å²) in [6, 6.07) is 7.61. The number of hydrogen-bond donors (Lipinski definition) is 1. The van der Waals surface area contributed by atoms with Crippen molar-refractivity contribution in [1.29, 1.82) is 0 Å². The molecule has 1 saturated heterocycles. The zero-order valence-electron chi connectivity index (χ0n) is 24.2. The number of nitrogens with zero attached hydrogens (tertiary/aromatic N) is 1. The number of para-hydroxylation sites is 1. The van der Waals surface area contributed by atoms with E-state index in [1.165, 1.54) is 35.3 Å². The number of alkyl halides is 4. The zero-order chi connectivity index (χ0) is 31.2. The second kappa shape index (κ2) is 10.4. The Morgan fingerprint density at radius 1 is 1.23 bits per heavy atom. The number of fused-ring (bicyclic) bond motifs is 8. The lowest BCUT2D eigenvalue weighted by molar-refractivity contribution is -0.205. The number of carbonyl (C=O) groups is 2. The van der Waals surface area contributed by atoms with Crippen molar-refractivity contribution >= 4 is 44.9 Å². The molecule has 2 heterocycles. The maximum atomic E-state index is 15.9. The lowest BCUT2D eigenvalue weighted by atomic mass is 9.46. The number of hydrogen-bond acceptors (Lipinski definition) is 8. The molecular weight excluding hydrogens is 618 g/mol. The molecule has 12 heteroatoms. The Hall–Kier alpha value is -2.12. The molecule has 6 unspecified atom stereocenters. The molecule has 5 aliphatic rings. The van der Waals surface area contributed by atoms with Crippen LogP contribution in [0.2, 0.25) is 0 Å². The standard InChI is InChI=1S/C32H33F4NO5S2/c1-29-9-7-16(38)11-19(29)20(33)12-17-18-13-25-32(30(18,2)14-22(39)27(17)29,42-26(41-25)8-10-31(34,35)36)24(40)15-43-28-37-21-5-3-4-6-23(21)44-28/h3-7,9,11,17-18,20,22,25-27,39H,8,10,12-15H2,1-2H3/t17?,18?,20-,22-,25+,26?,27?,29?,30?,32+/m0/s1. The molecule has 2 aromatic rings. The van der Waals surface area contributed by atoms with Crippen molar-refractivity contribution in [3.05, 3.63) is 48.1 Å². The van der Waals surface area contributed by atoms with Gasteiger partial charge in [-0.2, -0.15) is 13.2 Å². The maximum Gasteiger partial charge on any atom is 0.389 e. The molecule has 1 N–H and O–H groups in total. The molecule has 7 rings (SSSR count). The monoisotopic (exact) mass is 651 g/mol. The number of ketones is 2. The van der Waals surface area contributed by atoms with Gasteiger partial charge in [0.25, 0.3) is 0 Å². The number of thioether (sulfide) groups is 1. The first-order chi connectivity index (χ1) is 20.7. The number of aliphatic hydroxyl groups excluding tert-OH is 1. The van der Waals surface area contributed by atoms with E-state index in [4.69, 9.17) is 9.47 Å². The molecule has 0 radical (unpaired) electrons. The Bertz CT molecular complexity index is 1540. The van der Waals surface area contributed by atoms with Crippen LogP contribution in [0.1, 0.15) is 46.0 Å². The van der Waals surface area contributed by atoms with Crippen LogP contribution in [-0.2, 0) is 19.1 Å². The van der Waals surface area contributed by atoms with Crippen molar-refractivity contribution in [3.63, 3.8) is 0 Å². The fourth-order valence-corrected chi connectivity index (χ4v) is 11.2. The lowest BCUT2D eigenvalue weighted by Gasteiger charge is -2.60. The van der Waals surface area contributed by atoms with Gasteiger partial charge in [0.1, 0.15) is 6.17 Å². The minimum Gasteiger partial charge on any atom is -0.393 e. The van der Waals surface area contributed by atoms with Gasteiger partial charge in [-0.1, -0.05) is 43.8 Å². The molecule has 10 atom stereocenters. The third-order valence-corrected chi connectivity index (χ3v) is 13.1. The van der Waals surface area contributed by atoms with Gasteiger partial charge in [0.2, 0.25) is 0 Å². The lowest BCUT2D eigenvalue weighted by Crippen LogP contribution is -2.64. The Balaban J connectivity index is 1.23. The van der Waals surface area contributed by atoms with Crippen LogP contribution in [0, 0.1) is 28.6 Å². The Morgan fingerprint density at radius 3 is 2.75 bits per heavy atom. The van der Waals surface area contributed by atoms with Crippen LogP contribution in [0.15, 0.2) is 52.4 Å². The van der Waals surface area contributed by atoms with E-state index in [-0.39, 0.29) is 42.0 Å². The molecule has 1 aliphatic heterocycles. The van der Waals surface area contributed by atoms with E-state index in [2.05, 4.69) is 4.98 Å². The number of aliphatic hydroxyl groups is 1. The first-order valence-electron chi connectivity index (χ1n) is 14.9. The number of ether oxygens (including phenoxy) is 2. The summed E-state index contributed by atoms with van der Waals surface area (Å²) in [6.45, 7) is 3.70. The topological polar surface area (TPSA) is 85.7 Å². The summed E-state index contributed by atoms with van der Waals surface area (Å²) >= 11 is 2.70. The fourth-order valence-electron chi connectivity index (χ4n) is 9.21. The highest BCUT2D eigenvalue weighted by Gasteiger charge is 2.76. The predicted molar refractivity (Wildman–Crippen MR) is 157 cm³/mol. The Morgan fingerprint density at radius 2 is 2.00 bits per heavy atom. The molecule has 3 saturated carbocycles. The van der Waals surface area contributed by atoms with Crippen LogP contribution in [0.5, 0.6) is 0 Å². The molecule has 4 aliphatic carbocycles. The van der Waals surface area contributed by atoms with E-state index in [0.717, 1.165) is 10.2 Å². The minimum atomic E-state index is -4.42. The van der Waals surface area contributed by atoms with Crippen LogP contribution in [0.3, 0.4) is 0 Å². The molecule has 4 fully saturated rings. The third kappa shape index (κ3) is 4.57. The van der Waals surface area contributed by atoms with E-state index in [9.17, 15) is 27.9 Å². The summed E-state index contributed by atoms with van der Waals surface area (Å²) < 4.78 is 69.5. The van der Waals surface area contributed by atoms with Crippen LogP contribution < -0.4 is 0 Å². The summed E-state index contributed by atoms with van der Waals surface area (Å²) in [5.74, 6) is -1.73. The van der Waals surface area contributed by atoms with Crippen molar-refractivity contribution in [2.75, 3.05) is 5.75 Å². The fraction of sp³-hybridized carbons (Fsp3) is 0.594. The van der Waals surface area contributed by atoms with E-state index < -0.39 is 66.0 Å². The largest absolute Gasteiger partial charge is 0.393 e. The van der Waals surface area contributed by atoms with Gasteiger partial charge in [0.15, 0.2) is 27.8 Å². The number of Topliss-reactive ketones (excluding diaryl/α,β-unsaturated/α-hetero) is 1. The van der Waals surface area contributed by atoms with Crippen LogP contribution in [0.25, 0.3) is 10.2 Å². The summed E-state index contributed by atoms with van der Waals surface area (Å²) in [4.78, 5) is 31.2. The highest BCUT2D eigenvalue weighted by atomic mass is 32.2. The van der Waals surface area contributed by atoms with Crippen molar-refractivity contribution in [1.82, 2.24) is 4.98 Å². The van der Waals surface area contributed by atoms with Gasteiger partial charge in [-0.05, 0) is 61.0 Å². The molecule has 1 aromatic heterocycles. The van der Waals surface area contributed by atoms with Gasteiger partial charge in [-0.3, -0.25) is 9.59 Å². The number of carbonyl (C=O) groups excluding carboxylic acids is 2. The molecule has 236 valence electrons. The summed E-state index contributed by atoms with van der Waals surface area (Å²) in [6.07, 6.45) is -5.48.